The SMILES string of the molecule is CCOc1c(F)cccc1C(=O)N(C)Cc1cccc(C(N)=O)c1. The molecule has 0 unspecified atom stereocenters. The Morgan fingerprint density at radius 1 is 1.21 bits per heavy atom. The molecular formula is C18H19FN2O3. The van der Waals surface area contributed by atoms with Gasteiger partial charge < -0.3 is 15.4 Å². The summed E-state index contributed by atoms with van der Waals surface area (Å²) in [6.07, 6.45) is 0. The van der Waals surface area contributed by atoms with Gasteiger partial charge in [-0.3, -0.25) is 9.59 Å². The second-order valence-corrected chi connectivity index (χ2v) is 5.28. The van der Waals surface area contributed by atoms with Crippen molar-refractivity contribution in [1.29, 1.82) is 0 Å². The van der Waals surface area contributed by atoms with Crippen LogP contribution in [0.15, 0.2) is 42.5 Å². The molecule has 0 aliphatic rings. The van der Waals surface area contributed by atoms with Crippen LogP contribution in [0.3, 0.4) is 0 Å². The summed E-state index contributed by atoms with van der Waals surface area (Å²) in [4.78, 5) is 25.3. The zero-order valence-electron chi connectivity index (χ0n) is 13.6. The number of hydrogen-bond acceptors (Lipinski definition) is 3. The number of halogens is 1. The van der Waals surface area contributed by atoms with Gasteiger partial charge in [0.25, 0.3) is 5.91 Å². The Bertz CT molecular complexity index is 762. The third-order valence-electron chi connectivity index (χ3n) is 3.46. The van der Waals surface area contributed by atoms with E-state index >= 15 is 0 Å². The zero-order chi connectivity index (χ0) is 17.7. The molecule has 0 bridgehead atoms. The molecular weight excluding hydrogens is 311 g/mol. The number of primary amides is 1. The zero-order valence-corrected chi connectivity index (χ0v) is 13.6. The van der Waals surface area contributed by atoms with Crippen molar-refractivity contribution in [3.05, 3.63) is 65.0 Å². The van der Waals surface area contributed by atoms with E-state index in [1.807, 2.05) is 0 Å². The maximum atomic E-state index is 13.9. The average Bonchev–Trinajstić information content (AvgIpc) is 2.56. The van der Waals surface area contributed by atoms with Crippen molar-refractivity contribution in [3.8, 4) is 5.75 Å². The van der Waals surface area contributed by atoms with E-state index in [9.17, 15) is 14.0 Å². The minimum absolute atomic E-state index is 0.0530. The van der Waals surface area contributed by atoms with Crippen LogP contribution in [-0.2, 0) is 6.54 Å². The molecule has 0 atom stereocenters. The van der Waals surface area contributed by atoms with E-state index in [4.69, 9.17) is 10.5 Å². The first-order valence-electron chi connectivity index (χ1n) is 7.49. The van der Waals surface area contributed by atoms with Crippen molar-refractivity contribution < 1.29 is 18.7 Å². The first-order valence-corrected chi connectivity index (χ1v) is 7.49. The highest BCUT2D eigenvalue weighted by molar-refractivity contribution is 5.97. The van der Waals surface area contributed by atoms with Crippen molar-refractivity contribution in [3.63, 3.8) is 0 Å². The molecule has 126 valence electrons. The van der Waals surface area contributed by atoms with Gasteiger partial charge >= 0.3 is 0 Å². The van der Waals surface area contributed by atoms with Crippen molar-refractivity contribution in [2.24, 2.45) is 5.73 Å². The molecule has 0 fully saturated rings. The van der Waals surface area contributed by atoms with E-state index in [0.717, 1.165) is 5.56 Å². The molecule has 2 aromatic rings. The molecule has 0 spiro atoms. The minimum Gasteiger partial charge on any atom is -0.490 e. The summed E-state index contributed by atoms with van der Waals surface area (Å²) >= 11 is 0. The molecule has 0 heterocycles. The topological polar surface area (TPSA) is 72.6 Å². The monoisotopic (exact) mass is 330 g/mol. The first kappa shape index (κ1) is 17.5. The number of rotatable bonds is 6. The minimum atomic E-state index is -0.577. The molecule has 5 nitrogen and oxygen atoms in total. The van der Waals surface area contributed by atoms with Gasteiger partial charge in [0.2, 0.25) is 5.91 Å². The van der Waals surface area contributed by atoms with Crippen molar-refractivity contribution >= 4 is 11.8 Å². The lowest BCUT2D eigenvalue weighted by Gasteiger charge is -2.19. The van der Waals surface area contributed by atoms with Crippen molar-refractivity contribution in [2.45, 2.75) is 13.5 Å². The number of carbonyl (C=O) groups is 2. The normalized spacial score (nSPS) is 10.3. The van der Waals surface area contributed by atoms with Gasteiger partial charge in [0.15, 0.2) is 11.6 Å². The van der Waals surface area contributed by atoms with Gasteiger partial charge in [-0.25, -0.2) is 4.39 Å². The van der Waals surface area contributed by atoms with Crippen LogP contribution in [0.4, 0.5) is 4.39 Å². The van der Waals surface area contributed by atoms with Gasteiger partial charge in [-0.1, -0.05) is 18.2 Å². The van der Waals surface area contributed by atoms with E-state index in [1.165, 1.54) is 23.1 Å². The lowest BCUT2D eigenvalue weighted by atomic mass is 10.1. The van der Waals surface area contributed by atoms with Gasteiger partial charge in [0, 0.05) is 19.2 Å². The Balaban J connectivity index is 2.23. The van der Waals surface area contributed by atoms with Crippen molar-refractivity contribution in [2.75, 3.05) is 13.7 Å². The molecule has 0 aliphatic heterocycles. The van der Waals surface area contributed by atoms with Crippen LogP contribution in [0.1, 0.15) is 33.2 Å². The molecule has 0 aromatic heterocycles. The van der Waals surface area contributed by atoms with Gasteiger partial charge in [-0.2, -0.15) is 0 Å². The predicted octanol–water partition coefficient (Wildman–Crippen LogP) is 2.60. The Morgan fingerprint density at radius 3 is 2.58 bits per heavy atom. The van der Waals surface area contributed by atoms with Crippen LogP contribution in [0.5, 0.6) is 5.75 Å². The maximum absolute atomic E-state index is 13.9. The standard InChI is InChI=1S/C18H19FN2O3/c1-3-24-16-14(8-5-9-15(16)19)18(23)21(2)11-12-6-4-7-13(10-12)17(20)22/h4-10H,3,11H2,1-2H3,(H2,20,22). The first-order chi connectivity index (χ1) is 11.4. The number of amides is 2. The number of nitrogens with zero attached hydrogens (tertiary/aromatic N) is 1. The fourth-order valence-corrected chi connectivity index (χ4v) is 2.34. The number of benzene rings is 2. The molecule has 6 heteroatoms. The molecule has 2 aromatic carbocycles. The summed E-state index contributed by atoms with van der Waals surface area (Å²) < 4.78 is 19.1. The van der Waals surface area contributed by atoms with Gasteiger partial charge in [-0.15, -0.1) is 0 Å². The van der Waals surface area contributed by atoms with Crippen LogP contribution in [0.2, 0.25) is 0 Å². The largest absolute Gasteiger partial charge is 0.490 e. The predicted molar refractivity (Wildman–Crippen MR) is 88.3 cm³/mol. The number of para-hydroxylation sites is 1. The van der Waals surface area contributed by atoms with E-state index in [-0.39, 0.29) is 30.4 Å². The maximum Gasteiger partial charge on any atom is 0.257 e. The van der Waals surface area contributed by atoms with E-state index in [0.29, 0.717) is 5.56 Å². The van der Waals surface area contributed by atoms with Crippen LogP contribution in [0.25, 0.3) is 0 Å². The summed E-state index contributed by atoms with van der Waals surface area (Å²) in [5.74, 6) is -1.54. The lowest BCUT2D eigenvalue weighted by molar-refractivity contribution is 0.0780. The molecule has 0 aliphatic carbocycles. The van der Waals surface area contributed by atoms with E-state index in [1.54, 1.807) is 38.2 Å². The molecule has 24 heavy (non-hydrogen) atoms. The number of carbonyl (C=O) groups excluding carboxylic acids is 2. The second-order valence-electron chi connectivity index (χ2n) is 5.28. The number of nitrogens with two attached hydrogens (primary N) is 1. The highest BCUT2D eigenvalue weighted by Gasteiger charge is 2.20. The molecule has 2 amide bonds. The number of hydrogen-bond donors (Lipinski definition) is 1. The van der Waals surface area contributed by atoms with Crippen LogP contribution < -0.4 is 10.5 Å². The van der Waals surface area contributed by atoms with E-state index < -0.39 is 11.7 Å². The third kappa shape index (κ3) is 3.90. The lowest BCUT2D eigenvalue weighted by Crippen LogP contribution is -2.27. The van der Waals surface area contributed by atoms with Gasteiger partial charge in [0.1, 0.15) is 0 Å². The van der Waals surface area contributed by atoms with Crippen LogP contribution in [0, 0.1) is 5.82 Å². The summed E-state index contributed by atoms with van der Waals surface area (Å²) in [6.45, 7) is 2.23. The molecule has 0 radical (unpaired) electrons. The van der Waals surface area contributed by atoms with Crippen LogP contribution in [-0.4, -0.2) is 30.4 Å². The summed E-state index contributed by atoms with van der Waals surface area (Å²) in [5.41, 5.74) is 6.53. The van der Waals surface area contributed by atoms with Crippen LogP contribution >= 0.6 is 0 Å². The summed E-state index contributed by atoms with van der Waals surface area (Å²) in [5, 5.41) is 0. The Kier molecular flexibility index (Phi) is 5.52. The average molecular weight is 330 g/mol. The quantitative estimate of drug-likeness (QED) is 0.885. The Hall–Kier alpha value is -2.89. The highest BCUT2D eigenvalue weighted by Crippen LogP contribution is 2.24. The molecule has 2 rings (SSSR count). The summed E-state index contributed by atoms with van der Waals surface area (Å²) in [6, 6.07) is 10.9. The summed E-state index contributed by atoms with van der Waals surface area (Å²) in [7, 11) is 1.60. The van der Waals surface area contributed by atoms with Gasteiger partial charge in [0.05, 0.1) is 12.2 Å². The fraction of sp³-hybridized carbons (Fsp3) is 0.222. The molecule has 0 saturated carbocycles. The van der Waals surface area contributed by atoms with E-state index in [2.05, 4.69) is 0 Å². The van der Waals surface area contributed by atoms with Crippen molar-refractivity contribution in [1.82, 2.24) is 4.90 Å². The molecule has 2 N–H and O–H groups in total. The highest BCUT2D eigenvalue weighted by atomic mass is 19.1. The Labute approximate surface area is 139 Å². The van der Waals surface area contributed by atoms with Gasteiger partial charge in [-0.05, 0) is 36.8 Å². The third-order valence-corrected chi connectivity index (χ3v) is 3.46. The number of ether oxygens (including phenoxy) is 1. The Morgan fingerprint density at radius 2 is 1.92 bits per heavy atom. The smallest absolute Gasteiger partial charge is 0.257 e. The molecule has 0 saturated heterocycles. The second kappa shape index (κ2) is 7.59. The fourth-order valence-electron chi connectivity index (χ4n) is 2.34.